The molecule has 0 radical (unpaired) electrons. The number of rotatable bonds is 6. The summed E-state index contributed by atoms with van der Waals surface area (Å²) >= 11 is 0. The average molecular weight is 186 g/mol. The van der Waals surface area contributed by atoms with E-state index in [1.165, 1.54) is 25.7 Å². The second kappa shape index (κ2) is 6.35. The summed E-state index contributed by atoms with van der Waals surface area (Å²) in [5.41, 5.74) is 0. The molecule has 0 bridgehead atoms. The molecule has 3 nitrogen and oxygen atoms in total. The van der Waals surface area contributed by atoms with Crippen molar-refractivity contribution in [3.05, 3.63) is 0 Å². The van der Waals surface area contributed by atoms with Gasteiger partial charge in [-0.1, -0.05) is 0 Å². The topological polar surface area (TPSA) is 33.3 Å². The number of ether oxygens (including phenoxy) is 1. The van der Waals surface area contributed by atoms with E-state index in [1.54, 1.807) is 0 Å². The van der Waals surface area contributed by atoms with Crippen molar-refractivity contribution in [2.24, 2.45) is 0 Å². The van der Waals surface area contributed by atoms with Gasteiger partial charge in [0.25, 0.3) is 0 Å². The molecule has 0 spiro atoms. The standard InChI is InChI=1S/C10H22N2O/c1-11-7-4-8-12-9-5-3-6-10(9)13-2/h9-12H,3-8H2,1-2H3. The lowest BCUT2D eigenvalue weighted by molar-refractivity contribution is 0.0852. The highest BCUT2D eigenvalue weighted by Crippen LogP contribution is 2.21. The number of nitrogens with one attached hydrogen (secondary N) is 2. The van der Waals surface area contributed by atoms with Crippen molar-refractivity contribution in [1.29, 1.82) is 0 Å². The van der Waals surface area contributed by atoms with Crippen LogP contribution in [0.3, 0.4) is 0 Å². The van der Waals surface area contributed by atoms with E-state index in [2.05, 4.69) is 10.6 Å². The minimum absolute atomic E-state index is 0.453. The second-order valence-electron chi connectivity index (χ2n) is 3.72. The third kappa shape index (κ3) is 3.63. The monoisotopic (exact) mass is 186 g/mol. The molecule has 0 saturated heterocycles. The van der Waals surface area contributed by atoms with Gasteiger partial charge in [0.15, 0.2) is 0 Å². The summed E-state index contributed by atoms with van der Waals surface area (Å²) in [5, 5.41) is 6.70. The first-order chi connectivity index (χ1) is 6.38. The van der Waals surface area contributed by atoms with Gasteiger partial charge in [-0.25, -0.2) is 0 Å². The molecule has 3 heteroatoms. The highest BCUT2D eigenvalue weighted by atomic mass is 16.5. The van der Waals surface area contributed by atoms with Gasteiger partial charge in [-0.05, 0) is 45.8 Å². The zero-order chi connectivity index (χ0) is 9.52. The number of hydrogen-bond acceptors (Lipinski definition) is 3. The third-order valence-corrected chi connectivity index (χ3v) is 2.77. The molecule has 78 valence electrons. The summed E-state index contributed by atoms with van der Waals surface area (Å²) in [7, 11) is 3.81. The Morgan fingerprint density at radius 2 is 2.15 bits per heavy atom. The summed E-state index contributed by atoms with van der Waals surface area (Å²) in [5.74, 6) is 0. The van der Waals surface area contributed by atoms with Crippen LogP contribution >= 0.6 is 0 Å². The van der Waals surface area contributed by atoms with E-state index >= 15 is 0 Å². The van der Waals surface area contributed by atoms with Gasteiger partial charge < -0.3 is 15.4 Å². The predicted octanol–water partition coefficient (Wildman–Crippen LogP) is 0.753. The molecular formula is C10H22N2O. The minimum Gasteiger partial charge on any atom is -0.380 e. The Morgan fingerprint density at radius 3 is 2.85 bits per heavy atom. The zero-order valence-corrected chi connectivity index (χ0v) is 8.81. The van der Waals surface area contributed by atoms with Crippen LogP contribution in [0.5, 0.6) is 0 Å². The highest BCUT2D eigenvalue weighted by molar-refractivity contribution is 4.83. The smallest absolute Gasteiger partial charge is 0.0724 e. The largest absolute Gasteiger partial charge is 0.380 e. The van der Waals surface area contributed by atoms with Crippen molar-refractivity contribution in [2.45, 2.75) is 37.8 Å². The molecule has 0 heterocycles. The van der Waals surface area contributed by atoms with Gasteiger partial charge >= 0.3 is 0 Å². The van der Waals surface area contributed by atoms with E-state index in [4.69, 9.17) is 4.74 Å². The quantitative estimate of drug-likeness (QED) is 0.601. The Morgan fingerprint density at radius 1 is 1.31 bits per heavy atom. The van der Waals surface area contributed by atoms with E-state index < -0.39 is 0 Å². The summed E-state index contributed by atoms with van der Waals surface area (Å²) < 4.78 is 5.40. The molecule has 0 aliphatic heterocycles. The van der Waals surface area contributed by atoms with Crippen LogP contribution in [0.15, 0.2) is 0 Å². The van der Waals surface area contributed by atoms with Crippen LogP contribution in [0, 0.1) is 0 Å². The van der Waals surface area contributed by atoms with Crippen LogP contribution < -0.4 is 10.6 Å². The normalized spacial score (nSPS) is 28.2. The first kappa shape index (κ1) is 11.0. The Hall–Kier alpha value is -0.120. The number of methoxy groups -OCH3 is 1. The SMILES string of the molecule is CNCCCNC1CCCC1OC. The van der Waals surface area contributed by atoms with Gasteiger partial charge in [-0.2, -0.15) is 0 Å². The van der Waals surface area contributed by atoms with E-state index in [0.717, 1.165) is 13.1 Å². The van der Waals surface area contributed by atoms with Gasteiger partial charge in [0.05, 0.1) is 6.10 Å². The molecule has 0 amide bonds. The van der Waals surface area contributed by atoms with Crippen molar-refractivity contribution >= 4 is 0 Å². The molecule has 2 atom stereocenters. The van der Waals surface area contributed by atoms with Crippen LogP contribution in [-0.4, -0.2) is 39.4 Å². The third-order valence-electron chi connectivity index (χ3n) is 2.77. The molecule has 1 aliphatic rings. The van der Waals surface area contributed by atoms with Crippen molar-refractivity contribution in [2.75, 3.05) is 27.2 Å². The molecule has 0 aromatic rings. The fourth-order valence-electron chi connectivity index (χ4n) is 1.99. The van der Waals surface area contributed by atoms with Gasteiger partial charge in [0.2, 0.25) is 0 Å². The number of hydrogen-bond donors (Lipinski definition) is 2. The molecule has 2 unspecified atom stereocenters. The molecule has 13 heavy (non-hydrogen) atoms. The Kier molecular flexibility index (Phi) is 5.35. The average Bonchev–Trinajstić information content (AvgIpc) is 2.60. The lowest BCUT2D eigenvalue weighted by Crippen LogP contribution is -2.37. The second-order valence-corrected chi connectivity index (χ2v) is 3.72. The van der Waals surface area contributed by atoms with Crippen molar-refractivity contribution in [3.63, 3.8) is 0 Å². The molecule has 1 fully saturated rings. The van der Waals surface area contributed by atoms with Crippen LogP contribution in [0.4, 0.5) is 0 Å². The Balaban J connectivity index is 2.06. The molecule has 0 aromatic carbocycles. The lowest BCUT2D eigenvalue weighted by Gasteiger charge is -2.19. The molecule has 2 N–H and O–H groups in total. The molecule has 1 saturated carbocycles. The minimum atomic E-state index is 0.453. The van der Waals surface area contributed by atoms with E-state index in [-0.39, 0.29) is 0 Å². The van der Waals surface area contributed by atoms with Crippen LogP contribution in [-0.2, 0) is 4.74 Å². The van der Waals surface area contributed by atoms with Gasteiger partial charge in [-0.3, -0.25) is 0 Å². The maximum absolute atomic E-state index is 5.40. The van der Waals surface area contributed by atoms with E-state index in [1.807, 2.05) is 14.2 Å². The van der Waals surface area contributed by atoms with Crippen LogP contribution in [0.2, 0.25) is 0 Å². The van der Waals surface area contributed by atoms with E-state index in [0.29, 0.717) is 12.1 Å². The maximum atomic E-state index is 5.40. The van der Waals surface area contributed by atoms with Gasteiger partial charge in [0.1, 0.15) is 0 Å². The molecule has 1 rings (SSSR count). The highest BCUT2D eigenvalue weighted by Gasteiger charge is 2.25. The fourth-order valence-corrected chi connectivity index (χ4v) is 1.99. The predicted molar refractivity (Wildman–Crippen MR) is 55.0 cm³/mol. The summed E-state index contributed by atoms with van der Waals surface area (Å²) in [6.07, 6.45) is 5.46. The summed E-state index contributed by atoms with van der Waals surface area (Å²) in [4.78, 5) is 0. The van der Waals surface area contributed by atoms with Gasteiger partial charge in [0, 0.05) is 13.2 Å². The maximum Gasteiger partial charge on any atom is 0.0724 e. The van der Waals surface area contributed by atoms with Crippen LogP contribution in [0.1, 0.15) is 25.7 Å². The van der Waals surface area contributed by atoms with Crippen molar-refractivity contribution in [1.82, 2.24) is 10.6 Å². The fraction of sp³-hybridized carbons (Fsp3) is 1.00. The summed E-state index contributed by atoms with van der Waals surface area (Å²) in [6.45, 7) is 2.20. The first-order valence-corrected chi connectivity index (χ1v) is 5.29. The molecule has 1 aliphatic carbocycles. The lowest BCUT2D eigenvalue weighted by atomic mass is 10.2. The Bertz CT molecular complexity index is 130. The van der Waals surface area contributed by atoms with Gasteiger partial charge in [-0.15, -0.1) is 0 Å². The van der Waals surface area contributed by atoms with E-state index in [9.17, 15) is 0 Å². The first-order valence-electron chi connectivity index (χ1n) is 5.29. The molecule has 0 aromatic heterocycles. The van der Waals surface area contributed by atoms with Crippen molar-refractivity contribution < 1.29 is 4.74 Å². The molecular weight excluding hydrogens is 164 g/mol. The van der Waals surface area contributed by atoms with Crippen molar-refractivity contribution in [3.8, 4) is 0 Å². The zero-order valence-electron chi connectivity index (χ0n) is 8.81. The van der Waals surface area contributed by atoms with Crippen LogP contribution in [0.25, 0.3) is 0 Å². The summed E-state index contributed by atoms with van der Waals surface area (Å²) in [6, 6.07) is 0.599. The Labute approximate surface area is 81.2 Å².